The van der Waals surface area contributed by atoms with Gasteiger partial charge in [0, 0.05) is 25.2 Å². The summed E-state index contributed by atoms with van der Waals surface area (Å²) in [4.78, 5) is 2.71. The summed E-state index contributed by atoms with van der Waals surface area (Å²) in [5.41, 5.74) is 0. The van der Waals surface area contributed by atoms with E-state index in [9.17, 15) is 0 Å². The molecule has 3 heteroatoms. The van der Waals surface area contributed by atoms with E-state index in [4.69, 9.17) is 4.74 Å². The van der Waals surface area contributed by atoms with Crippen molar-refractivity contribution in [3.8, 4) is 0 Å². The first-order chi connectivity index (χ1) is 6.86. The number of rotatable bonds is 1. The van der Waals surface area contributed by atoms with Gasteiger partial charge in [-0.1, -0.05) is 0 Å². The molecule has 0 aliphatic carbocycles. The first kappa shape index (κ1) is 9.13. The summed E-state index contributed by atoms with van der Waals surface area (Å²) < 4.78 is 5.66. The van der Waals surface area contributed by atoms with Gasteiger partial charge in [0.2, 0.25) is 0 Å². The van der Waals surface area contributed by atoms with Crippen molar-refractivity contribution in [3.05, 3.63) is 0 Å². The van der Waals surface area contributed by atoms with Gasteiger partial charge in [0.25, 0.3) is 0 Å². The van der Waals surface area contributed by atoms with Crippen LogP contribution in [-0.4, -0.2) is 49.3 Å². The van der Waals surface area contributed by atoms with Crippen LogP contribution in [0.25, 0.3) is 0 Å². The molecule has 3 aliphatic heterocycles. The lowest BCUT2D eigenvalue weighted by atomic mass is 10.0. The predicted molar refractivity (Wildman–Crippen MR) is 55.3 cm³/mol. The number of ether oxygens (including phenoxy) is 1. The molecule has 3 heterocycles. The summed E-state index contributed by atoms with van der Waals surface area (Å²) in [5.74, 6) is 0.919. The van der Waals surface area contributed by atoms with E-state index >= 15 is 0 Å². The molecular weight excluding hydrogens is 176 g/mol. The minimum Gasteiger partial charge on any atom is -0.377 e. The molecule has 3 saturated heterocycles. The molecule has 0 radical (unpaired) electrons. The van der Waals surface area contributed by atoms with Crippen molar-refractivity contribution in [1.29, 1.82) is 0 Å². The zero-order chi connectivity index (χ0) is 9.54. The highest BCUT2D eigenvalue weighted by atomic mass is 16.5. The van der Waals surface area contributed by atoms with Crippen LogP contribution in [0.3, 0.4) is 0 Å². The van der Waals surface area contributed by atoms with Crippen LogP contribution < -0.4 is 5.32 Å². The van der Waals surface area contributed by atoms with Crippen molar-refractivity contribution in [2.24, 2.45) is 5.92 Å². The Bertz CT molecular complexity index is 221. The zero-order valence-electron chi connectivity index (χ0n) is 8.91. The zero-order valence-corrected chi connectivity index (χ0v) is 8.91. The van der Waals surface area contributed by atoms with Crippen LogP contribution in [-0.2, 0) is 4.74 Å². The molecule has 80 valence electrons. The Balaban J connectivity index is 1.72. The average molecular weight is 196 g/mol. The van der Waals surface area contributed by atoms with Gasteiger partial charge in [0.15, 0.2) is 0 Å². The first-order valence-corrected chi connectivity index (χ1v) is 5.94. The summed E-state index contributed by atoms with van der Waals surface area (Å²) >= 11 is 0. The number of hydrogen-bond donors (Lipinski definition) is 1. The van der Waals surface area contributed by atoms with E-state index in [1.807, 2.05) is 0 Å². The lowest BCUT2D eigenvalue weighted by molar-refractivity contribution is 0.0689. The lowest BCUT2D eigenvalue weighted by Crippen LogP contribution is -2.45. The minimum atomic E-state index is 0.453. The standard InChI is InChI=1S/C11H20N2O/c1-8-10(3-5-14-8)13-4-2-9-6-12-7-11(9)13/h8-12H,2-7H2,1H3/t8?,9-,10?,11+/m0/s1. The van der Waals surface area contributed by atoms with Crippen molar-refractivity contribution < 1.29 is 4.74 Å². The van der Waals surface area contributed by atoms with Crippen LogP contribution in [0.15, 0.2) is 0 Å². The Morgan fingerprint density at radius 3 is 2.93 bits per heavy atom. The Hall–Kier alpha value is -0.120. The van der Waals surface area contributed by atoms with Crippen molar-refractivity contribution in [3.63, 3.8) is 0 Å². The SMILES string of the molecule is CC1OCCC1N1CC[C@H]2CNC[C@H]21. The molecule has 1 N–H and O–H groups in total. The highest BCUT2D eigenvalue weighted by Crippen LogP contribution is 2.32. The quantitative estimate of drug-likeness (QED) is 0.659. The van der Waals surface area contributed by atoms with Crippen LogP contribution >= 0.6 is 0 Å². The Labute approximate surface area is 85.8 Å². The van der Waals surface area contributed by atoms with Gasteiger partial charge in [-0.05, 0) is 38.8 Å². The summed E-state index contributed by atoms with van der Waals surface area (Å²) in [7, 11) is 0. The van der Waals surface area contributed by atoms with E-state index in [0.29, 0.717) is 12.1 Å². The lowest BCUT2D eigenvalue weighted by Gasteiger charge is -2.31. The Kier molecular flexibility index (Phi) is 2.26. The van der Waals surface area contributed by atoms with E-state index in [0.717, 1.165) is 18.6 Å². The number of likely N-dealkylation sites (tertiary alicyclic amines) is 1. The van der Waals surface area contributed by atoms with Gasteiger partial charge >= 0.3 is 0 Å². The molecule has 14 heavy (non-hydrogen) atoms. The summed E-state index contributed by atoms with van der Waals surface area (Å²) in [6, 6.07) is 1.51. The fourth-order valence-corrected chi connectivity index (χ4v) is 3.45. The number of nitrogens with zero attached hydrogens (tertiary/aromatic N) is 1. The predicted octanol–water partition coefficient (Wildman–Crippen LogP) is 0.458. The molecule has 0 aromatic heterocycles. The fraction of sp³-hybridized carbons (Fsp3) is 1.00. The molecule has 3 nitrogen and oxygen atoms in total. The maximum atomic E-state index is 5.66. The molecule has 0 bridgehead atoms. The third-order valence-corrected chi connectivity index (χ3v) is 4.25. The van der Waals surface area contributed by atoms with E-state index in [1.54, 1.807) is 0 Å². The topological polar surface area (TPSA) is 24.5 Å². The van der Waals surface area contributed by atoms with Gasteiger partial charge in [-0.2, -0.15) is 0 Å². The Morgan fingerprint density at radius 1 is 1.21 bits per heavy atom. The van der Waals surface area contributed by atoms with Crippen molar-refractivity contribution in [2.75, 3.05) is 26.2 Å². The van der Waals surface area contributed by atoms with Gasteiger partial charge in [0.1, 0.15) is 0 Å². The van der Waals surface area contributed by atoms with E-state index < -0.39 is 0 Å². The normalized spacial score (nSPS) is 48.6. The van der Waals surface area contributed by atoms with Crippen molar-refractivity contribution >= 4 is 0 Å². The second-order valence-electron chi connectivity index (χ2n) is 4.94. The third kappa shape index (κ3) is 1.30. The third-order valence-electron chi connectivity index (χ3n) is 4.25. The van der Waals surface area contributed by atoms with Crippen LogP contribution in [0, 0.1) is 5.92 Å². The summed E-state index contributed by atoms with van der Waals surface area (Å²) in [6.07, 6.45) is 3.08. The van der Waals surface area contributed by atoms with Gasteiger partial charge in [-0.25, -0.2) is 0 Å². The highest BCUT2D eigenvalue weighted by Gasteiger charge is 2.43. The van der Waals surface area contributed by atoms with E-state index in [-0.39, 0.29) is 0 Å². The van der Waals surface area contributed by atoms with Gasteiger partial charge in [0.05, 0.1) is 6.10 Å². The second-order valence-corrected chi connectivity index (χ2v) is 4.94. The van der Waals surface area contributed by atoms with Crippen LogP contribution in [0.4, 0.5) is 0 Å². The van der Waals surface area contributed by atoms with Crippen LogP contribution in [0.1, 0.15) is 19.8 Å². The van der Waals surface area contributed by atoms with Crippen molar-refractivity contribution in [1.82, 2.24) is 10.2 Å². The smallest absolute Gasteiger partial charge is 0.0703 e. The highest BCUT2D eigenvalue weighted by molar-refractivity contribution is 4.99. The van der Waals surface area contributed by atoms with Crippen LogP contribution in [0.2, 0.25) is 0 Å². The molecule has 3 fully saturated rings. The second kappa shape index (κ2) is 3.47. The number of nitrogens with one attached hydrogen (secondary N) is 1. The minimum absolute atomic E-state index is 0.453. The Morgan fingerprint density at radius 2 is 2.14 bits per heavy atom. The molecule has 0 aromatic rings. The van der Waals surface area contributed by atoms with E-state index in [2.05, 4.69) is 17.1 Å². The largest absolute Gasteiger partial charge is 0.377 e. The molecule has 2 unspecified atom stereocenters. The molecule has 3 rings (SSSR count). The van der Waals surface area contributed by atoms with E-state index in [1.165, 1.54) is 32.5 Å². The maximum Gasteiger partial charge on any atom is 0.0703 e. The summed E-state index contributed by atoms with van der Waals surface area (Å²) in [5, 5.41) is 3.51. The maximum absolute atomic E-state index is 5.66. The number of hydrogen-bond acceptors (Lipinski definition) is 3. The molecule has 0 aromatic carbocycles. The molecule has 0 spiro atoms. The van der Waals surface area contributed by atoms with Crippen molar-refractivity contribution in [2.45, 2.75) is 38.0 Å². The molecule has 0 amide bonds. The van der Waals surface area contributed by atoms with Gasteiger partial charge in [-0.3, -0.25) is 4.90 Å². The molecule has 4 atom stereocenters. The van der Waals surface area contributed by atoms with Gasteiger partial charge < -0.3 is 10.1 Å². The van der Waals surface area contributed by atoms with Crippen LogP contribution in [0.5, 0.6) is 0 Å². The monoisotopic (exact) mass is 196 g/mol. The summed E-state index contributed by atoms with van der Waals surface area (Å²) in [6.45, 7) is 6.94. The molecule has 0 saturated carbocycles. The molecular formula is C11H20N2O. The average Bonchev–Trinajstić information content (AvgIpc) is 2.78. The molecule has 3 aliphatic rings. The van der Waals surface area contributed by atoms with Gasteiger partial charge in [-0.15, -0.1) is 0 Å². The fourth-order valence-electron chi connectivity index (χ4n) is 3.45. The number of fused-ring (bicyclic) bond motifs is 1. The first-order valence-electron chi connectivity index (χ1n) is 5.94.